The highest BCUT2D eigenvalue weighted by molar-refractivity contribution is 5.76. The number of aliphatic hydroxyl groups excluding tert-OH is 1. The second kappa shape index (κ2) is 7.12. The van der Waals surface area contributed by atoms with Crippen molar-refractivity contribution >= 4 is 5.91 Å². The molecule has 130 valence electrons. The van der Waals surface area contributed by atoms with Gasteiger partial charge >= 0.3 is 0 Å². The van der Waals surface area contributed by atoms with Gasteiger partial charge in [0.15, 0.2) is 0 Å². The number of carbonyl (C=O) groups is 1. The number of hydrogen-bond donors (Lipinski definition) is 1. The number of hydrogen-bond acceptors (Lipinski definition) is 5. The van der Waals surface area contributed by atoms with Gasteiger partial charge in [0.05, 0.1) is 18.0 Å². The fourth-order valence-electron chi connectivity index (χ4n) is 3.01. The lowest BCUT2D eigenvalue weighted by atomic mass is 9.97. The van der Waals surface area contributed by atoms with Crippen molar-refractivity contribution in [3.63, 3.8) is 0 Å². The molecule has 3 heterocycles. The standard InChI is InChI=1S/C16H24N6O2/c1-12-3-8-21(18-12)11-16(24)20-6-4-14(5-7-20)9-22-10-15(13(2)23)17-19-22/h3,8,10,13-14,23H,4-7,9,11H2,1-2H3/t13-/m0/s1. The first-order valence-corrected chi connectivity index (χ1v) is 8.37. The number of aliphatic hydroxyl groups is 1. The molecule has 24 heavy (non-hydrogen) atoms. The van der Waals surface area contributed by atoms with Gasteiger partial charge in [-0.3, -0.25) is 14.2 Å². The molecular weight excluding hydrogens is 308 g/mol. The fourth-order valence-corrected chi connectivity index (χ4v) is 3.01. The molecule has 0 bridgehead atoms. The summed E-state index contributed by atoms with van der Waals surface area (Å²) < 4.78 is 3.48. The minimum Gasteiger partial charge on any atom is -0.387 e. The minimum atomic E-state index is -0.593. The van der Waals surface area contributed by atoms with Gasteiger partial charge in [-0.2, -0.15) is 5.10 Å². The predicted molar refractivity (Wildman–Crippen MR) is 86.9 cm³/mol. The van der Waals surface area contributed by atoms with Crippen molar-refractivity contribution in [1.82, 2.24) is 29.7 Å². The SMILES string of the molecule is Cc1ccn(CC(=O)N2CCC(Cn3cc([C@H](C)O)nn3)CC2)n1. The number of aryl methyl sites for hydroxylation is 1. The molecular formula is C16H24N6O2. The third-order valence-electron chi connectivity index (χ3n) is 4.47. The summed E-state index contributed by atoms with van der Waals surface area (Å²) in [5.74, 6) is 0.596. The van der Waals surface area contributed by atoms with E-state index >= 15 is 0 Å². The summed E-state index contributed by atoms with van der Waals surface area (Å²) in [5.41, 5.74) is 1.52. The number of amides is 1. The van der Waals surface area contributed by atoms with Crippen LogP contribution >= 0.6 is 0 Å². The Kier molecular flexibility index (Phi) is 4.94. The van der Waals surface area contributed by atoms with Gasteiger partial charge in [0.1, 0.15) is 12.2 Å². The Morgan fingerprint density at radius 3 is 2.71 bits per heavy atom. The Morgan fingerprint density at radius 2 is 2.12 bits per heavy atom. The first kappa shape index (κ1) is 16.6. The quantitative estimate of drug-likeness (QED) is 0.874. The molecule has 8 nitrogen and oxygen atoms in total. The summed E-state index contributed by atoms with van der Waals surface area (Å²) in [6.07, 6.45) is 4.94. The van der Waals surface area contributed by atoms with Crippen LogP contribution in [0.5, 0.6) is 0 Å². The van der Waals surface area contributed by atoms with E-state index in [1.165, 1.54) is 0 Å². The molecule has 1 aliphatic heterocycles. The Bertz CT molecular complexity index is 684. The van der Waals surface area contributed by atoms with Crippen LogP contribution in [0.2, 0.25) is 0 Å². The van der Waals surface area contributed by atoms with Crippen LogP contribution in [0.4, 0.5) is 0 Å². The van der Waals surface area contributed by atoms with Crippen LogP contribution in [0, 0.1) is 12.8 Å². The maximum absolute atomic E-state index is 12.3. The topological polar surface area (TPSA) is 89.1 Å². The molecule has 1 fully saturated rings. The molecule has 1 amide bonds. The number of nitrogens with zero attached hydrogens (tertiary/aromatic N) is 6. The number of aromatic nitrogens is 5. The summed E-state index contributed by atoms with van der Waals surface area (Å²) in [7, 11) is 0. The van der Waals surface area contributed by atoms with Gasteiger partial charge in [-0.1, -0.05) is 5.21 Å². The Balaban J connectivity index is 1.47. The second-order valence-electron chi connectivity index (χ2n) is 6.52. The molecule has 1 atom stereocenters. The zero-order valence-electron chi connectivity index (χ0n) is 14.2. The zero-order valence-corrected chi connectivity index (χ0v) is 14.2. The molecule has 1 N–H and O–H groups in total. The van der Waals surface area contributed by atoms with Crippen molar-refractivity contribution < 1.29 is 9.90 Å². The minimum absolute atomic E-state index is 0.119. The van der Waals surface area contributed by atoms with Gasteiger partial charge in [-0.05, 0) is 38.7 Å². The smallest absolute Gasteiger partial charge is 0.244 e. The molecule has 1 aliphatic rings. The molecule has 0 aromatic carbocycles. The molecule has 2 aromatic heterocycles. The van der Waals surface area contributed by atoms with Crippen LogP contribution in [-0.2, 0) is 17.9 Å². The third-order valence-corrected chi connectivity index (χ3v) is 4.47. The summed E-state index contributed by atoms with van der Waals surface area (Å²) >= 11 is 0. The molecule has 0 saturated carbocycles. The Morgan fingerprint density at radius 1 is 1.38 bits per heavy atom. The lowest BCUT2D eigenvalue weighted by Crippen LogP contribution is -2.41. The summed E-state index contributed by atoms with van der Waals surface area (Å²) in [4.78, 5) is 14.2. The van der Waals surface area contributed by atoms with Crippen LogP contribution < -0.4 is 0 Å². The van der Waals surface area contributed by atoms with Crippen LogP contribution in [0.15, 0.2) is 18.5 Å². The lowest BCUT2D eigenvalue weighted by molar-refractivity contribution is -0.133. The summed E-state index contributed by atoms with van der Waals surface area (Å²) in [6.45, 7) is 6.21. The van der Waals surface area contributed by atoms with E-state index in [1.54, 1.807) is 22.5 Å². The second-order valence-corrected chi connectivity index (χ2v) is 6.52. The Hall–Kier alpha value is -2.22. The number of carbonyl (C=O) groups excluding carboxylic acids is 1. The molecule has 8 heteroatoms. The van der Waals surface area contributed by atoms with Crippen molar-refractivity contribution in [1.29, 1.82) is 0 Å². The zero-order chi connectivity index (χ0) is 17.1. The average molecular weight is 332 g/mol. The largest absolute Gasteiger partial charge is 0.387 e. The van der Waals surface area contributed by atoms with E-state index < -0.39 is 6.10 Å². The van der Waals surface area contributed by atoms with Gasteiger partial charge in [0.25, 0.3) is 0 Å². The van der Waals surface area contributed by atoms with Gasteiger partial charge in [-0.15, -0.1) is 5.10 Å². The van der Waals surface area contributed by atoms with Crippen molar-refractivity contribution in [3.8, 4) is 0 Å². The van der Waals surface area contributed by atoms with Crippen LogP contribution in [0.3, 0.4) is 0 Å². The number of piperidine rings is 1. The maximum Gasteiger partial charge on any atom is 0.244 e. The fraction of sp³-hybridized carbons (Fsp3) is 0.625. The van der Waals surface area contributed by atoms with E-state index in [0.29, 0.717) is 18.2 Å². The number of likely N-dealkylation sites (tertiary alicyclic amines) is 1. The normalized spacial score (nSPS) is 17.2. The average Bonchev–Trinajstić information content (AvgIpc) is 3.17. The van der Waals surface area contributed by atoms with E-state index in [4.69, 9.17) is 0 Å². The molecule has 0 aliphatic carbocycles. The van der Waals surface area contributed by atoms with E-state index in [1.807, 2.05) is 24.1 Å². The highest BCUT2D eigenvalue weighted by Gasteiger charge is 2.23. The van der Waals surface area contributed by atoms with E-state index in [-0.39, 0.29) is 5.91 Å². The lowest BCUT2D eigenvalue weighted by Gasteiger charge is -2.31. The maximum atomic E-state index is 12.3. The van der Waals surface area contributed by atoms with Crippen LogP contribution in [0.1, 0.15) is 37.3 Å². The highest BCUT2D eigenvalue weighted by Crippen LogP contribution is 2.19. The van der Waals surface area contributed by atoms with Gasteiger partial charge < -0.3 is 10.0 Å². The molecule has 2 aromatic rings. The van der Waals surface area contributed by atoms with Gasteiger partial charge in [-0.25, -0.2) is 0 Å². The van der Waals surface area contributed by atoms with E-state index in [9.17, 15) is 9.90 Å². The monoisotopic (exact) mass is 332 g/mol. The predicted octanol–water partition coefficient (Wildman–Crippen LogP) is 0.775. The van der Waals surface area contributed by atoms with Crippen molar-refractivity contribution in [2.24, 2.45) is 5.92 Å². The number of rotatable bonds is 5. The third kappa shape index (κ3) is 4.00. The highest BCUT2D eigenvalue weighted by atomic mass is 16.3. The van der Waals surface area contributed by atoms with E-state index in [0.717, 1.165) is 38.2 Å². The van der Waals surface area contributed by atoms with Crippen molar-refractivity contribution in [2.45, 2.75) is 45.9 Å². The summed E-state index contributed by atoms with van der Waals surface area (Å²) in [6, 6.07) is 1.90. The molecule has 0 spiro atoms. The van der Waals surface area contributed by atoms with Gasteiger partial charge in [0.2, 0.25) is 5.91 Å². The Labute approximate surface area is 141 Å². The molecule has 0 radical (unpaired) electrons. The first-order valence-electron chi connectivity index (χ1n) is 8.37. The summed E-state index contributed by atoms with van der Waals surface area (Å²) in [5, 5.41) is 21.8. The van der Waals surface area contributed by atoms with Crippen LogP contribution in [-0.4, -0.2) is 53.8 Å². The van der Waals surface area contributed by atoms with Crippen molar-refractivity contribution in [3.05, 3.63) is 29.8 Å². The van der Waals surface area contributed by atoms with Crippen molar-refractivity contribution in [2.75, 3.05) is 13.1 Å². The van der Waals surface area contributed by atoms with E-state index in [2.05, 4.69) is 15.4 Å². The molecule has 0 unspecified atom stereocenters. The van der Waals surface area contributed by atoms with Crippen LogP contribution in [0.25, 0.3) is 0 Å². The molecule has 1 saturated heterocycles. The molecule has 3 rings (SSSR count). The van der Waals surface area contributed by atoms with Gasteiger partial charge in [0, 0.05) is 25.8 Å². The first-order chi connectivity index (χ1) is 11.5.